The molecule has 0 amide bonds. The third-order valence-electron chi connectivity index (χ3n) is 2.07. The van der Waals surface area contributed by atoms with Crippen molar-refractivity contribution in [2.45, 2.75) is 13.5 Å². The van der Waals surface area contributed by atoms with Crippen molar-refractivity contribution in [2.75, 3.05) is 11.1 Å². The Morgan fingerprint density at radius 2 is 2.12 bits per heavy atom. The van der Waals surface area contributed by atoms with E-state index in [1.165, 1.54) is 0 Å². The van der Waals surface area contributed by atoms with Crippen LogP contribution in [0.2, 0.25) is 0 Å². The third kappa shape index (κ3) is 2.66. The first-order valence-electron chi connectivity index (χ1n) is 4.99. The predicted molar refractivity (Wildman–Crippen MR) is 62.7 cm³/mol. The fraction of sp³-hybridized carbons (Fsp3) is 0.182. The van der Waals surface area contributed by atoms with Crippen LogP contribution in [0.5, 0.6) is 0 Å². The number of pyridine rings is 1. The van der Waals surface area contributed by atoms with Crippen molar-refractivity contribution >= 4 is 11.8 Å². The van der Waals surface area contributed by atoms with Gasteiger partial charge in [0.25, 0.3) is 0 Å². The van der Waals surface area contributed by atoms with Gasteiger partial charge in [-0.1, -0.05) is 6.07 Å². The van der Waals surface area contributed by atoms with E-state index >= 15 is 0 Å². The quantitative estimate of drug-likeness (QED) is 0.808. The Hall–Kier alpha value is -2.17. The zero-order valence-electron chi connectivity index (χ0n) is 9.01. The van der Waals surface area contributed by atoms with Crippen molar-refractivity contribution in [3.63, 3.8) is 0 Å². The molecule has 16 heavy (non-hydrogen) atoms. The van der Waals surface area contributed by atoms with Crippen LogP contribution in [0.15, 0.2) is 30.5 Å². The molecule has 0 spiro atoms. The van der Waals surface area contributed by atoms with Gasteiger partial charge in [0.15, 0.2) is 0 Å². The monoisotopic (exact) mass is 215 g/mol. The Kier molecular flexibility index (Phi) is 2.95. The highest BCUT2D eigenvalue weighted by Gasteiger charge is 1.97. The molecule has 0 saturated heterocycles. The molecule has 0 aliphatic rings. The van der Waals surface area contributed by atoms with Crippen molar-refractivity contribution in [2.24, 2.45) is 0 Å². The van der Waals surface area contributed by atoms with Gasteiger partial charge in [-0.3, -0.25) is 4.98 Å². The number of hydrogen-bond acceptors (Lipinski definition) is 5. The highest BCUT2D eigenvalue weighted by atomic mass is 15.1. The van der Waals surface area contributed by atoms with Gasteiger partial charge < -0.3 is 11.1 Å². The van der Waals surface area contributed by atoms with E-state index in [9.17, 15) is 0 Å². The molecule has 0 aliphatic carbocycles. The lowest BCUT2D eigenvalue weighted by Crippen LogP contribution is -2.05. The van der Waals surface area contributed by atoms with E-state index in [-0.39, 0.29) is 5.95 Å². The number of aromatic nitrogens is 3. The number of nitrogens with two attached hydrogens (primary N) is 1. The Balaban J connectivity index is 2.02. The first-order valence-corrected chi connectivity index (χ1v) is 4.99. The maximum atomic E-state index is 5.47. The summed E-state index contributed by atoms with van der Waals surface area (Å²) in [5.74, 6) is 0.970. The Bertz CT molecular complexity index is 438. The summed E-state index contributed by atoms with van der Waals surface area (Å²) in [6, 6.07) is 7.68. The van der Waals surface area contributed by atoms with Gasteiger partial charge in [-0.2, -0.15) is 4.98 Å². The molecular weight excluding hydrogens is 202 g/mol. The average Bonchev–Trinajstić information content (AvgIpc) is 2.27. The molecule has 0 bridgehead atoms. The van der Waals surface area contributed by atoms with Gasteiger partial charge in [0.05, 0.1) is 12.2 Å². The summed E-state index contributed by atoms with van der Waals surface area (Å²) in [6.45, 7) is 2.59. The normalized spacial score (nSPS) is 10.1. The second kappa shape index (κ2) is 4.57. The van der Waals surface area contributed by atoms with Gasteiger partial charge in [0.1, 0.15) is 5.82 Å². The van der Waals surface area contributed by atoms with Crippen LogP contribution < -0.4 is 11.1 Å². The van der Waals surface area contributed by atoms with Crippen molar-refractivity contribution in [1.29, 1.82) is 0 Å². The molecule has 3 N–H and O–H groups in total. The molecule has 0 atom stereocenters. The minimum absolute atomic E-state index is 0.266. The van der Waals surface area contributed by atoms with Crippen LogP contribution in [0.25, 0.3) is 0 Å². The highest BCUT2D eigenvalue weighted by molar-refractivity contribution is 5.37. The summed E-state index contributed by atoms with van der Waals surface area (Å²) in [6.07, 6.45) is 1.62. The lowest BCUT2D eigenvalue weighted by molar-refractivity contribution is 1.000. The molecule has 2 heterocycles. The van der Waals surface area contributed by atoms with Crippen LogP contribution in [-0.2, 0) is 6.54 Å². The van der Waals surface area contributed by atoms with Crippen LogP contribution in [0.3, 0.4) is 0 Å². The smallest absolute Gasteiger partial charge is 0.221 e. The number of nitrogens with zero attached hydrogens (tertiary/aromatic N) is 3. The zero-order valence-corrected chi connectivity index (χ0v) is 9.01. The Morgan fingerprint density at radius 1 is 1.25 bits per heavy atom. The maximum Gasteiger partial charge on any atom is 0.221 e. The number of nitrogen functional groups attached to an aromatic ring is 1. The van der Waals surface area contributed by atoms with E-state index in [2.05, 4.69) is 20.3 Å². The molecule has 82 valence electrons. The van der Waals surface area contributed by atoms with Crippen molar-refractivity contribution in [3.8, 4) is 0 Å². The minimum atomic E-state index is 0.266. The van der Waals surface area contributed by atoms with Gasteiger partial charge >= 0.3 is 0 Å². The first kappa shape index (κ1) is 10.4. The lowest BCUT2D eigenvalue weighted by Gasteiger charge is -2.05. The molecule has 5 heteroatoms. The van der Waals surface area contributed by atoms with E-state index in [0.29, 0.717) is 12.4 Å². The van der Waals surface area contributed by atoms with Crippen LogP contribution >= 0.6 is 0 Å². The van der Waals surface area contributed by atoms with Crippen LogP contribution in [0, 0.1) is 6.92 Å². The van der Waals surface area contributed by atoms with Gasteiger partial charge in [0, 0.05) is 11.9 Å². The molecule has 5 nitrogen and oxygen atoms in total. The summed E-state index contributed by atoms with van der Waals surface area (Å²) in [5.41, 5.74) is 7.44. The van der Waals surface area contributed by atoms with Crippen molar-refractivity contribution < 1.29 is 0 Å². The van der Waals surface area contributed by atoms with Gasteiger partial charge in [-0.15, -0.1) is 0 Å². The van der Waals surface area contributed by atoms with Crippen LogP contribution in [0.4, 0.5) is 11.8 Å². The van der Waals surface area contributed by atoms with Gasteiger partial charge in [0.2, 0.25) is 5.95 Å². The number of hydrogen-bond donors (Lipinski definition) is 2. The lowest BCUT2D eigenvalue weighted by atomic mass is 10.3. The zero-order chi connectivity index (χ0) is 11.4. The molecule has 0 aliphatic heterocycles. The van der Waals surface area contributed by atoms with Crippen molar-refractivity contribution in [1.82, 2.24) is 15.0 Å². The third-order valence-corrected chi connectivity index (χ3v) is 2.07. The second-order valence-corrected chi connectivity index (χ2v) is 3.42. The molecule has 0 radical (unpaired) electrons. The summed E-state index contributed by atoms with van der Waals surface area (Å²) in [4.78, 5) is 12.2. The van der Waals surface area contributed by atoms with Crippen molar-refractivity contribution in [3.05, 3.63) is 41.9 Å². The predicted octanol–water partition coefficient (Wildman–Crippen LogP) is 1.37. The second-order valence-electron chi connectivity index (χ2n) is 3.42. The number of aryl methyl sites for hydroxylation is 1. The molecule has 2 aromatic heterocycles. The number of rotatable bonds is 3. The molecule has 0 aromatic carbocycles. The summed E-state index contributed by atoms with van der Waals surface area (Å²) < 4.78 is 0. The number of nitrogens with one attached hydrogen (secondary N) is 1. The Morgan fingerprint density at radius 3 is 2.88 bits per heavy atom. The largest absolute Gasteiger partial charge is 0.368 e. The van der Waals surface area contributed by atoms with E-state index in [1.807, 2.05) is 25.1 Å². The summed E-state index contributed by atoms with van der Waals surface area (Å²) in [5, 5.41) is 3.14. The van der Waals surface area contributed by atoms with Crippen LogP contribution in [-0.4, -0.2) is 15.0 Å². The molecular formula is C11H13N5. The topological polar surface area (TPSA) is 76.7 Å². The first-order chi connectivity index (χ1) is 7.74. The summed E-state index contributed by atoms with van der Waals surface area (Å²) >= 11 is 0. The van der Waals surface area contributed by atoms with E-state index in [0.717, 1.165) is 11.4 Å². The van der Waals surface area contributed by atoms with E-state index in [4.69, 9.17) is 5.73 Å². The fourth-order valence-corrected chi connectivity index (χ4v) is 1.35. The molecule has 0 unspecified atom stereocenters. The summed E-state index contributed by atoms with van der Waals surface area (Å²) in [7, 11) is 0. The maximum absolute atomic E-state index is 5.47. The fourth-order valence-electron chi connectivity index (χ4n) is 1.35. The molecule has 0 fully saturated rings. The number of anilines is 2. The van der Waals surface area contributed by atoms with Gasteiger partial charge in [-0.25, -0.2) is 4.98 Å². The standard InChI is InChI=1S/C11H13N5/c1-8-3-2-4-9(15-8)7-14-10-5-6-13-11(12)16-10/h2-6H,7H2,1H3,(H3,12,13,14,16). The highest BCUT2D eigenvalue weighted by Crippen LogP contribution is 2.05. The Labute approximate surface area is 93.8 Å². The average molecular weight is 215 g/mol. The van der Waals surface area contributed by atoms with E-state index < -0.39 is 0 Å². The molecule has 2 rings (SSSR count). The van der Waals surface area contributed by atoms with Crippen LogP contribution in [0.1, 0.15) is 11.4 Å². The minimum Gasteiger partial charge on any atom is -0.368 e. The SMILES string of the molecule is Cc1cccc(CNc2ccnc(N)n2)n1. The van der Waals surface area contributed by atoms with E-state index in [1.54, 1.807) is 12.3 Å². The molecule has 2 aromatic rings. The van der Waals surface area contributed by atoms with Gasteiger partial charge in [-0.05, 0) is 25.1 Å². The molecule has 0 saturated carbocycles.